The highest BCUT2D eigenvalue weighted by atomic mass is 31.2. The van der Waals surface area contributed by atoms with Gasteiger partial charge >= 0.3 is 33.6 Å². The zero-order chi connectivity index (χ0) is 79.4. The largest absolute Gasteiger partial charge is 0.472 e. The van der Waals surface area contributed by atoms with Crippen molar-refractivity contribution in [1.82, 2.24) is 0 Å². The van der Waals surface area contributed by atoms with E-state index in [9.17, 15) is 43.5 Å². The number of aliphatic hydroxyl groups is 2. The number of allylic oxidation sites excluding steroid dienone is 26. The van der Waals surface area contributed by atoms with E-state index in [1.165, 1.54) is 109 Å². The van der Waals surface area contributed by atoms with Gasteiger partial charge in [0.05, 0.1) is 26.4 Å². The summed E-state index contributed by atoms with van der Waals surface area (Å²) >= 11 is 0. The Balaban J connectivity index is 4.45. The van der Waals surface area contributed by atoms with Crippen molar-refractivity contribution in [1.29, 1.82) is 0 Å². The lowest BCUT2D eigenvalue weighted by Crippen LogP contribution is -2.30. The molecular formula is C91H154O16P2. The fourth-order valence-electron chi connectivity index (χ4n) is 11.3. The minimum atomic E-state index is -4.94. The average Bonchev–Trinajstić information content (AvgIpc) is 0.902. The van der Waals surface area contributed by atoms with E-state index in [0.29, 0.717) is 19.3 Å². The SMILES string of the molecule is CC/C=C\C/C=C\C/C=C\C/C=C\C/C=C\C/C=C\CCCCCCCCCCCCCCCCCCC(=O)OCC(O)COP(=O)(O)OCC(O)COP(=O)(O)OCC(COC(=O)CCCCCCCCC/C=C\C/C=C\C/C=C\C/C=C\CCCCC)OC(=O)CCCCCCC/C=C\C/C=C\C/C=C\CC. The topological polar surface area (TPSA) is 231 Å². The summed E-state index contributed by atoms with van der Waals surface area (Å²) in [5.74, 6) is -1.60. The van der Waals surface area contributed by atoms with Crippen LogP contribution in [0, 0.1) is 0 Å². The molecule has 0 aliphatic heterocycles. The maximum absolute atomic E-state index is 13.0. The second-order valence-corrected chi connectivity index (χ2v) is 31.1. The van der Waals surface area contributed by atoms with Crippen molar-refractivity contribution in [3.8, 4) is 0 Å². The molecule has 0 saturated carbocycles. The standard InChI is InChI=1S/C91H154O16P2/c1-4-7-10-13-16-19-22-25-28-30-32-34-36-37-38-39-40-41-42-43-44-45-46-47-49-51-52-54-57-59-62-65-68-71-74-77-89(94)101-80-86(92)81-103-108(97,98)104-82-87(93)83-105-109(99,100)106-85-88(107-91(96)79-76-73-70-67-64-61-56-27-24-21-18-15-12-9-6-3)84-102-90(95)78-75-72-69-66-63-60-58-55-53-50-48-35-33-31-29-26-23-20-17-14-11-8-5-2/h7,9-10,12,16-21,25-29,32-35,37-38,40-41,50,53,56,86-88,92-93H,4-6,8,11,13-15,22-24,30-31,36,39,42-49,51-52,54-55,57-85H2,1-3H3,(H,97,98)(H,99,100)/b10-7-,12-9-,19-16-,20-17-,21-18-,28-25-,29-26-,34-32-,35-33-,38-37-,41-40-,53-50-,56-27-. The molecule has 0 fully saturated rings. The lowest BCUT2D eigenvalue weighted by molar-refractivity contribution is -0.161. The van der Waals surface area contributed by atoms with Gasteiger partial charge in [-0.25, -0.2) is 9.13 Å². The zero-order valence-corrected chi connectivity index (χ0v) is 70.2. The molecule has 16 nitrogen and oxygen atoms in total. The predicted octanol–water partition coefficient (Wildman–Crippen LogP) is 25.8. The maximum atomic E-state index is 13.0. The monoisotopic (exact) mass is 1570 g/mol. The van der Waals surface area contributed by atoms with E-state index in [0.717, 1.165) is 173 Å². The Bertz CT molecular complexity index is 2610. The van der Waals surface area contributed by atoms with Crippen LogP contribution in [-0.4, -0.2) is 95.9 Å². The van der Waals surface area contributed by atoms with E-state index in [2.05, 4.69) is 179 Å². The Morgan fingerprint density at radius 2 is 0.486 bits per heavy atom. The van der Waals surface area contributed by atoms with Crippen LogP contribution in [0.4, 0.5) is 0 Å². The molecule has 5 unspecified atom stereocenters. The molecule has 0 spiro atoms. The van der Waals surface area contributed by atoms with Gasteiger partial charge in [-0.2, -0.15) is 0 Å². The first kappa shape index (κ1) is 104. The summed E-state index contributed by atoms with van der Waals surface area (Å²) in [6, 6.07) is 0. The van der Waals surface area contributed by atoms with E-state index < -0.39 is 91.5 Å². The summed E-state index contributed by atoms with van der Waals surface area (Å²) in [4.78, 5) is 58.8. The van der Waals surface area contributed by atoms with E-state index in [1.54, 1.807) is 0 Å². The lowest BCUT2D eigenvalue weighted by Gasteiger charge is -2.21. The van der Waals surface area contributed by atoms with Crippen LogP contribution in [0.3, 0.4) is 0 Å². The van der Waals surface area contributed by atoms with Crippen molar-refractivity contribution in [3.05, 3.63) is 158 Å². The molecule has 624 valence electrons. The lowest BCUT2D eigenvalue weighted by atomic mass is 10.0. The number of unbranched alkanes of at least 4 members (excludes halogenated alkanes) is 31. The predicted molar refractivity (Wildman–Crippen MR) is 454 cm³/mol. The van der Waals surface area contributed by atoms with Gasteiger partial charge in [-0.05, 0) is 148 Å². The van der Waals surface area contributed by atoms with Crippen LogP contribution in [0.5, 0.6) is 0 Å². The Morgan fingerprint density at radius 3 is 0.771 bits per heavy atom. The molecule has 109 heavy (non-hydrogen) atoms. The maximum Gasteiger partial charge on any atom is 0.472 e. The molecule has 0 aromatic heterocycles. The number of esters is 3. The number of phosphoric ester groups is 2. The van der Waals surface area contributed by atoms with Gasteiger partial charge in [0.25, 0.3) is 0 Å². The van der Waals surface area contributed by atoms with Crippen molar-refractivity contribution < 1.29 is 75.8 Å². The molecule has 0 rings (SSSR count). The first-order valence-corrected chi connectivity index (χ1v) is 45.8. The van der Waals surface area contributed by atoms with Crippen LogP contribution in [0.2, 0.25) is 0 Å². The van der Waals surface area contributed by atoms with Gasteiger partial charge in [0, 0.05) is 19.3 Å². The number of rotatable bonds is 80. The molecule has 0 aliphatic carbocycles. The molecule has 0 aromatic carbocycles. The normalized spacial score (nSPS) is 14.7. The van der Waals surface area contributed by atoms with E-state index in [-0.39, 0.29) is 19.3 Å². The van der Waals surface area contributed by atoms with Crippen LogP contribution in [0.15, 0.2) is 158 Å². The average molecular weight is 1570 g/mol. The molecule has 5 atom stereocenters. The number of hydrogen-bond acceptors (Lipinski definition) is 14. The third-order valence-electron chi connectivity index (χ3n) is 17.7. The summed E-state index contributed by atoms with van der Waals surface area (Å²) < 4.78 is 61.2. The summed E-state index contributed by atoms with van der Waals surface area (Å²) in [6.45, 7) is 2.41. The van der Waals surface area contributed by atoms with Gasteiger partial charge in [-0.15, -0.1) is 0 Å². The second kappa shape index (κ2) is 82.6. The van der Waals surface area contributed by atoms with Crippen LogP contribution >= 0.6 is 15.6 Å². The van der Waals surface area contributed by atoms with Crippen molar-refractivity contribution >= 4 is 33.6 Å². The number of aliphatic hydroxyl groups excluding tert-OH is 2. The Morgan fingerprint density at radius 1 is 0.266 bits per heavy atom. The number of phosphoric acid groups is 2. The fraction of sp³-hybridized carbons (Fsp3) is 0.681. The first-order valence-electron chi connectivity index (χ1n) is 42.8. The molecule has 0 saturated heterocycles. The van der Waals surface area contributed by atoms with Gasteiger partial charge in [0.2, 0.25) is 0 Å². The van der Waals surface area contributed by atoms with Crippen LogP contribution in [-0.2, 0) is 55.8 Å². The summed E-state index contributed by atoms with van der Waals surface area (Å²) in [5, 5.41) is 20.7. The fourth-order valence-corrected chi connectivity index (χ4v) is 12.9. The molecule has 0 aliphatic rings. The Kier molecular flexibility index (Phi) is 79.0. The van der Waals surface area contributed by atoms with Crippen molar-refractivity contribution in [2.45, 2.75) is 360 Å². The van der Waals surface area contributed by atoms with Gasteiger partial charge < -0.3 is 34.2 Å². The highest BCUT2D eigenvalue weighted by Gasteiger charge is 2.29. The first-order chi connectivity index (χ1) is 53.2. The van der Waals surface area contributed by atoms with Crippen LogP contribution in [0.25, 0.3) is 0 Å². The molecule has 0 amide bonds. The van der Waals surface area contributed by atoms with Gasteiger partial charge in [-0.3, -0.25) is 32.5 Å². The highest BCUT2D eigenvalue weighted by molar-refractivity contribution is 7.47. The highest BCUT2D eigenvalue weighted by Crippen LogP contribution is 2.45. The summed E-state index contributed by atoms with van der Waals surface area (Å²) in [6.07, 6.45) is 104. The molecule has 4 N–H and O–H groups in total. The number of carbonyl (C=O) groups excluding carboxylic acids is 3. The smallest absolute Gasteiger partial charge is 0.463 e. The van der Waals surface area contributed by atoms with E-state index >= 15 is 0 Å². The molecule has 0 radical (unpaired) electrons. The van der Waals surface area contributed by atoms with Crippen molar-refractivity contribution in [2.24, 2.45) is 0 Å². The van der Waals surface area contributed by atoms with Crippen LogP contribution < -0.4 is 0 Å². The van der Waals surface area contributed by atoms with Crippen molar-refractivity contribution in [3.63, 3.8) is 0 Å². The third-order valence-corrected chi connectivity index (χ3v) is 19.6. The van der Waals surface area contributed by atoms with Gasteiger partial charge in [0.1, 0.15) is 25.4 Å². The Hall–Kier alpha value is -4.83. The molecule has 0 heterocycles. The summed E-state index contributed by atoms with van der Waals surface area (Å²) in [5.41, 5.74) is 0. The Labute approximate surface area is 663 Å². The van der Waals surface area contributed by atoms with Gasteiger partial charge in [-0.1, -0.05) is 333 Å². The van der Waals surface area contributed by atoms with Crippen molar-refractivity contribution in [2.75, 3.05) is 39.6 Å². The molecule has 0 bridgehead atoms. The zero-order valence-electron chi connectivity index (χ0n) is 68.4. The third kappa shape index (κ3) is 83.9. The minimum absolute atomic E-state index is 0.0792. The number of ether oxygens (including phenoxy) is 3. The van der Waals surface area contributed by atoms with E-state index in [4.69, 9.17) is 32.3 Å². The molecule has 0 aromatic rings. The quantitative estimate of drug-likeness (QED) is 0.0146. The van der Waals surface area contributed by atoms with Gasteiger partial charge in [0.15, 0.2) is 6.10 Å². The molecular weight excluding hydrogens is 1410 g/mol. The minimum Gasteiger partial charge on any atom is -0.463 e. The van der Waals surface area contributed by atoms with E-state index in [1.807, 2.05) is 0 Å². The van der Waals surface area contributed by atoms with Crippen LogP contribution in [0.1, 0.15) is 342 Å². The number of carbonyl (C=O) groups is 3. The number of hydrogen-bond donors (Lipinski definition) is 4. The second-order valence-electron chi connectivity index (χ2n) is 28.2. The molecule has 18 heteroatoms. The summed E-state index contributed by atoms with van der Waals surface area (Å²) in [7, 11) is -9.81.